The quantitative estimate of drug-likeness (QED) is 0.00695. The third-order valence-corrected chi connectivity index (χ3v) is 23.4. The van der Waals surface area contributed by atoms with E-state index in [4.69, 9.17) is 27.9 Å². The topological polar surface area (TPSA) is 347 Å². The summed E-state index contributed by atoms with van der Waals surface area (Å²) >= 11 is 5.33. The Hall–Kier alpha value is -11.4. The molecule has 10 aromatic rings. The maximum atomic E-state index is 13.6. The number of likely N-dealkylation sites (tertiary alicyclic amines) is 3. The zero-order valence-corrected chi connectivity index (χ0v) is 76.2. The second-order valence-electron chi connectivity index (χ2n) is 32.4. The molecule has 0 amide bonds. The van der Waals surface area contributed by atoms with Gasteiger partial charge in [-0.2, -0.15) is 25.4 Å². The summed E-state index contributed by atoms with van der Waals surface area (Å²) in [7, 11) is -0.846. The zero-order chi connectivity index (χ0) is 99.7. The van der Waals surface area contributed by atoms with E-state index in [1.165, 1.54) is 53.6 Å². The predicted molar refractivity (Wildman–Crippen MR) is 489 cm³/mol. The monoisotopic (exact) mass is 1940 g/mol. The first kappa shape index (κ1) is 114. The SMILES string of the molecule is C=CC#N.CB(O)N1CC[C@](O)(c2ccc(F)c(F)c2)[C@@H](C(=O)O)C1.N#CCCN(CCC(=O)F)Cc1ccccc1.N#C[C@H]1CN(Cc2ccccc2)CC[C@]1(O)c1ccc(F)c(F)c1.N#C[C@H]1CN(Cc2ccccc2)CC[C@]1(O)c1ccc(F)c(F)c1.NCc1ccccc1.O=C(CCCl)c1ccc(F)c(F)c1.O=C(O)[C@H]1CN(Cc2ccccc2)CC[C@]1(O)c1ccc(F)c(F)c1.[Ar]. The summed E-state index contributed by atoms with van der Waals surface area (Å²) < 4.78 is 144. The van der Waals surface area contributed by atoms with Gasteiger partial charge in [-0.15, -0.1) is 11.6 Å². The number of Topliss-reactive ketones (excluding diaryl/α,β-unsaturated/α-hetero) is 1. The van der Waals surface area contributed by atoms with E-state index in [0.717, 1.165) is 82.9 Å². The van der Waals surface area contributed by atoms with Gasteiger partial charge in [-0.25, -0.2) is 43.9 Å². The number of aliphatic carboxylic acids is 2. The standard InChI is InChI=1S/2C19H18F2N2O.C19H19F2NO3.C13H16BF2NO4.C13H15FN2O.C9H7ClF2O.C7H9N.C3H3N.Ar/c2*20-17-7-6-15(10-18(17)21)19(24)8-9-23(13-16(19)11-22)12-14-4-2-1-3-5-14;20-16-7-6-14(10-17(16)21)19(25)8-9-22(12-15(19)18(23)24)11-13-4-2-1-3-5-13;1-14(21)17-5-4-13(20,9(7-17)12(18)19)8-2-3-10(15)11(16)6-8;14-13(17)7-10-16(9-4-8-15)11-12-5-2-1-3-6-12;10-4-3-9(13)6-1-2-7(11)8(12)5-6;8-6-7-4-2-1-3-5-7;1-2-3-4;/h2*1-7,10,16,24H,8-9,12-13H2;1-7,10,15,25H,8-9,11-12H2,(H,23,24);2-3,6,9,20-21H,4-5,7H2,1H3,(H,18,19);1-3,5-6H,4,7,9-11H2;1-2,5H,3-4H2;1-5H,6,8H2;2H,1H2;/t2*16-,19-;15-,19+;9-,13+;;;;;/m0011...../s1. The first-order chi connectivity index (χ1) is 64.9. The van der Waals surface area contributed by atoms with Gasteiger partial charge >= 0.3 is 25.0 Å². The van der Waals surface area contributed by atoms with Crippen LogP contribution in [0.5, 0.6) is 0 Å². The van der Waals surface area contributed by atoms with Gasteiger partial charge in [0.1, 0.15) is 34.2 Å². The molecule has 9 N–H and O–H groups in total. The maximum absolute atomic E-state index is 13.6. The van der Waals surface area contributed by atoms with Crippen molar-refractivity contribution < 1.29 is 141 Å². The van der Waals surface area contributed by atoms with Crippen molar-refractivity contribution in [2.45, 2.75) is 107 Å². The van der Waals surface area contributed by atoms with Gasteiger partial charge in [-0.3, -0.25) is 38.8 Å². The number of benzene rings is 10. The summed E-state index contributed by atoms with van der Waals surface area (Å²) in [5.41, 5.74) is 5.28. The van der Waals surface area contributed by atoms with Gasteiger partial charge in [-0.1, -0.05) is 183 Å². The molecule has 35 heteroatoms. The van der Waals surface area contributed by atoms with E-state index >= 15 is 0 Å². The average molecular weight is 1940 g/mol. The number of alkyl halides is 1. The fraction of sp³-hybridized carbons (Fsp3) is 0.314. The molecule has 0 saturated carbocycles. The molecule has 4 aliphatic rings. The minimum Gasteiger partial charge on any atom is -0.481 e. The van der Waals surface area contributed by atoms with Crippen molar-refractivity contribution in [1.82, 2.24) is 24.4 Å². The number of carboxylic acid groups (broad SMARTS) is 2. The van der Waals surface area contributed by atoms with Crippen LogP contribution in [0.2, 0.25) is 6.82 Å². The van der Waals surface area contributed by atoms with Crippen LogP contribution in [0.4, 0.5) is 48.3 Å². The van der Waals surface area contributed by atoms with Crippen molar-refractivity contribution in [3.8, 4) is 24.3 Å². The van der Waals surface area contributed by atoms with Gasteiger partial charge in [0.05, 0.1) is 42.5 Å². The number of piperidine rings is 4. The minimum absolute atomic E-state index is 0. The molecule has 0 spiro atoms. The molecule has 724 valence electrons. The molecule has 0 aromatic heterocycles. The van der Waals surface area contributed by atoms with Gasteiger partial charge in [0.2, 0.25) is 0 Å². The van der Waals surface area contributed by atoms with E-state index < -0.39 is 129 Å². The number of nitrogens with two attached hydrogens (primary N) is 1. The summed E-state index contributed by atoms with van der Waals surface area (Å²) in [5, 5.41) is 107. The predicted octanol–water partition coefficient (Wildman–Crippen LogP) is 16.7. The average Bonchev–Trinajstić information content (AvgIpc) is 0.799. The molecule has 4 aliphatic heterocycles. The number of hydrogen-bond donors (Lipinski definition) is 8. The number of carbonyl (C=O) groups excluding carboxylic acids is 2. The first-order valence-corrected chi connectivity index (χ1v) is 43.7. The largest absolute Gasteiger partial charge is 0.481 e. The van der Waals surface area contributed by atoms with Crippen LogP contribution in [0.1, 0.15) is 105 Å². The van der Waals surface area contributed by atoms with Gasteiger partial charge in [0.15, 0.2) is 64.0 Å². The van der Waals surface area contributed by atoms with E-state index in [1.54, 1.807) is 6.07 Å². The van der Waals surface area contributed by atoms with E-state index in [2.05, 4.69) is 34.6 Å². The van der Waals surface area contributed by atoms with E-state index in [1.807, 2.05) is 161 Å². The number of carbonyl (C=O) groups is 4. The van der Waals surface area contributed by atoms with Crippen molar-refractivity contribution in [1.29, 1.82) is 21.0 Å². The van der Waals surface area contributed by atoms with Crippen molar-refractivity contribution in [3.63, 3.8) is 0 Å². The summed E-state index contributed by atoms with van der Waals surface area (Å²) in [4.78, 5) is 54.2. The number of nitriles is 4. The Morgan fingerprint density at radius 3 is 1.09 bits per heavy atom. The zero-order valence-electron chi connectivity index (χ0n) is 74.8. The van der Waals surface area contributed by atoms with E-state index in [9.17, 15) is 114 Å². The molecule has 4 heterocycles. The Balaban J connectivity index is 0.000000248. The Labute approximate surface area is 824 Å². The minimum atomic E-state index is -1.80. The second-order valence-corrected chi connectivity index (χ2v) is 32.8. The number of aliphatic hydroxyl groups is 4. The molecule has 4 fully saturated rings. The number of carboxylic acids is 2. The van der Waals surface area contributed by atoms with E-state index in [-0.39, 0.29) is 123 Å². The number of hydrogen-bond acceptors (Lipinski definition) is 19. The number of halogens is 12. The summed E-state index contributed by atoms with van der Waals surface area (Å²) in [5.74, 6) is -16.5. The van der Waals surface area contributed by atoms with Crippen molar-refractivity contribution >= 4 is 42.4 Å². The van der Waals surface area contributed by atoms with Gasteiger partial charge in [-0.05, 0) is 156 Å². The molecular weight excluding hydrogens is 1840 g/mol. The Bertz CT molecular complexity index is 5590. The van der Waals surface area contributed by atoms with Gasteiger partial charge < -0.3 is 46.2 Å². The maximum Gasteiger partial charge on any atom is 0.376 e. The molecule has 0 aliphatic carbocycles. The van der Waals surface area contributed by atoms with E-state index in [0.29, 0.717) is 97.8 Å². The number of ketones is 1. The van der Waals surface area contributed by atoms with Crippen LogP contribution in [0.15, 0.2) is 255 Å². The van der Waals surface area contributed by atoms with Crippen molar-refractivity contribution in [2.24, 2.45) is 29.4 Å². The Morgan fingerprint density at radius 2 is 0.781 bits per heavy atom. The normalized spacial score (nSPS) is 19.9. The van der Waals surface area contributed by atoms with Crippen LogP contribution >= 0.6 is 11.6 Å². The molecule has 0 bridgehead atoms. The van der Waals surface area contributed by atoms with Gasteiger partial charge in [0, 0.05) is 160 Å². The number of allylic oxidation sites excluding steroid dienone is 1. The number of rotatable bonds is 24. The first-order valence-electron chi connectivity index (χ1n) is 43.2. The molecule has 21 nitrogen and oxygen atoms in total. The fourth-order valence-electron chi connectivity index (χ4n) is 15.7. The van der Waals surface area contributed by atoms with Crippen LogP contribution in [0, 0.1) is 165 Å². The smallest absolute Gasteiger partial charge is 0.376 e. The molecule has 137 heavy (non-hydrogen) atoms. The van der Waals surface area contributed by atoms with Crippen LogP contribution in [0.25, 0.3) is 0 Å². The number of nitrogens with zero attached hydrogens (tertiary/aromatic N) is 9. The second kappa shape index (κ2) is 57.1. The van der Waals surface area contributed by atoms with Crippen LogP contribution in [-0.2, 0) is 69.5 Å². The molecule has 4 saturated heterocycles. The Morgan fingerprint density at radius 1 is 0.460 bits per heavy atom. The van der Waals surface area contributed by atoms with Gasteiger partial charge in [0.25, 0.3) is 0 Å². The molecule has 8 atom stereocenters. The van der Waals surface area contributed by atoms with Crippen molar-refractivity contribution in [2.75, 3.05) is 71.3 Å². The molecule has 0 unspecified atom stereocenters. The van der Waals surface area contributed by atoms with Crippen LogP contribution in [-0.4, -0.2) is 162 Å². The third kappa shape index (κ3) is 34.6. The fourth-order valence-corrected chi connectivity index (χ4v) is 15.8. The molecule has 0 radical (unpaired) electrons. The Kier molecular flexibility index (Phi) is 47.6. The third-order valence-electron chi connectivity index (χ3n) is 23.3. The van der Waals surface area contributed by atoms with Crippen LogP contribution < -0.4 is 5.73 Å². The van der Waals surface area contributed by atoms with Crippen molar-refractivity contribution in [3.05, 3.63) is 369 Å². The summed E-state index contributed by atoms with van der Waals surface area (Å²) in [6.07, 6.45) is 2.30. The summed E-state index contributed by atoms with van der Waals surface area (Å²) in [6, 6.07) is 71.5. The van der Waals surface area contributed by atoms with Crippen LogP contribution in [0.3, 0.4) is 0 Å². The molecular formula is C102H105ArBClF11N10O11. The summed E-state index contributed by atoms with van der Waals surface area (Å²) in [6.45, 7) is 11.4. The molecule has 14 rings (SSSR count). The molecule has 10 aromatic carbocycles.